The summed E-state index contributed by atoms with van der Waals surface area (Å²) in [6.45, 7) is 4.93. The summed E-state index contributed by atoms with van der Waals surface area (Å²) < 4.78 is 6.31. The standard InChI is InChI=1S/C13H12ClN3O2.C3H8O/c1-9-4-10(14)2-3-12(9)17-7-16-11(6-18)13(17)5-15-8-19;1-3-4-2/h2-4,6-8H,5H2,1H3,(H,15,19);3H2,1-2H3. The minimum atomic E-state index is 0.236. The van der Waals surface area contributed by atoms with Gasteiger partial charge in [0.15, 0.2) is 6.29 Å². The normalized spacial score (nSPS) is 9.74. The van der Waals surface area contributed by atoms with Crippen molar-refractivity contribution in [2.24, 2.45) is 0 Å². The van der Waals surface area contributed by atoms with Crippen molar-refractivity contribution in [3.05, 3.63) is 46.5 Å². The molecule has 0 saturated carbocycles. The third-order valence-corrected chi connectivity index (χ3v) is 3.31. The maximum atomic E-state index is 11.0. The van der Waals surface area contributed by atoms with Gasteiger partial charge in [-0.15, -0.1) is 0 Å². The number of imidazole rings is 1. The highest BCUT2D eigenvalue weighted by Crippen LogP contribution is 2.21. The largest absolute Gasteiger partial charge is 0.385 e. The van der Waals surface area contributed by atoms with E-state index in [1.165, 1.54) is 0 Å². The van der Waals surface area contributed by atoms with Gasteiger partial charge in [-0.1, -0.05) is 11.6 Å². The van der Waals surface area contributed by atoms with E-state index < -0.39 is 0 Å². The molecule has 7 heteroatoms. The molecule has 1 heterocycles. The first-order valence-corrected chi connectivity index (χ1v) is 7.40. The van der Waals surface area contributed by atoms with Crippen molar-refractivity contribution in [1.29, 1.82) is 0 Å². The van der Waals surface area contributed by atoms with Crippen molar-refractivity contribution in [3.8, 4) is 5.69 Å². The van der Waals surface area contributed by atoms with Crippen LogP contribution in [-0.4, -0.2) is 36.0 Å². The molecule has 1 N–H and O–H groups in total. The quantitative estimate of drug-likeness (QED) is 0.822. The number of aryl methyl sites for hydroxylation is 1. The second kappa shape index (κ2) is 9.76. The van der Waals surface area contributed by atoms with Gasteiger partial charge in [0.25, 0.3) is 0 Å². The number of nitrogens with one attached hydrogen (secondary N) is 1. The van der Waals surface area contributed by atoms with Crippen LogP contribution in [0.2, 0.25) is 5.02 Å². The van der Waals surface area contributed by atoms with E-state index >= 15 is 0 Å². The number of halogens is 1. The number of aromatic nitrogens is 2. The summed E-state index contributed by atoms with van der Waals surface area (Å²) in [6.07, 6.45) is 2.81. The zero-order chi connectivity index (χ0) is 17.2. The Balaban J connectivity index is 0.000000593. The molecule has 1 aromatic heterocycles. The Hall–Kier alpha value is -2.18. The molecule has 0 bridgehead atoms. The Morgan fingerprint density at radius 3 is 2.61 bits per heavy atom. The zero-order valence-electron chi connectivity index (χ0n) is 13.4. The van der Waals surface area contributed by atoms with Gasteiger partial charge < -0.3 is 14.6 Å². The van der Waals surface area contributed by atoms with E-state index in [4.69, 9.17) is 11.6 Å². The molecule has 0 spiro atoms. The summed E-state index contributed by atoms with van der Waals surface area (Å²) in [7, 11) is 1.68. The Labute approximate surface area is 140 Å². The molecule has 0 unspecified atom stereocenters. The highest BCUT2D eigenvalue weighted by atomic mass is 35.5. The van der Waals surface area contributed by atoms with Crippen LogP contribution in [0.15, 0.2) is 24.5 Å². The molecule has 0 atom stereocenters. The van der Waals surface area contributed by atoms with Crippen molar-refractivity contribution in [1.82, 2.24) is 14.9 Å². The van der Waals surface area contributed by atoms with Crippen LogP contribution in [0.25, 0.3) is 5.69 Å². The number of ether oxygens (including phenoxy) is 1. The lowest BCUT2D eigenvalue weighted by Gasteiger charge is -2.11. The molecule has 2 rings (SSSR count). The Kier molecular flexibility index (Phi) is 8.01. The summed E-state index contributed by atoms with van der Waals surface area (Å²) in [5, 5.41) is 3.18. The molecule has 124 valence electrons. The van der Waals surface area contributed by atoms with Crippen molar-refractivity contribution in [2.45, 2.75) is 20.4 Å². The zero-order valence-corrected chi connectivity index (χ0v) is 14.1. The van der Waals surface area contributed by atoms with E-state index in [0.29, 0.717) is 29.1 Å². The van der Waals surface area contributed by atoms with E-state index in [-0.39, 0.29) is 6.54 Å². The van der Waals surface area contributed by atoms with Crippen LogP contribution in [0.4, 0.5) is 0 Å². The number of methoxy groups -OCH3 is 1. The third-order valence-electron chi connectivity index (χ3n) is 3.07. The summed E-state index contributed by atoms with van der Waals surface area (Å²) in [6, 6.07) is 5.44. The molecule has 0 radical (unpaired) electrons. The number of aldehydes is 1. The lowest BCUT2D eigenvalue weighted by molar-refractivity contribution is -0.109. The molecule has 0 aliphatic carbocycles. The maximum Gasteiger partial charge on any atom is 0.207 e. The van der Waals surface area contributed by atoms with Crippen molar-refractivity contribution >= 4 is 24.3 Å². The highest BCUT2D eigenvalue weighted by molar-refractivity contribution is 6.30. The van der Waals surface area contributed by atoms with Crippen LogP contribution < -0.4 is 5.32 Å². The molecule has 2 aromatic rings. The first-order chi connectivity index (χ1) is 11.1. The fraction of sp³-hybridized carbons (Fsp3) is 0.312. The number of hydrogen-bond donors (Lipinski definition) is 1. The van der Waals surface area contributed by atoms with Crippen LogP contribution in [-0.2, 0) is 16.1 Å². The number of carbonyl (C=O) groups excluding carboxylic acids is 2. The van der Waals surface area contributed by atoms with Gasteiger partial charge in [0.1, 0.15) is 12.0 Å². The monoisotopic (exact) mass is 337 g/mol. The van der Waals surface area contributed by atoms with E-state index in [1.54, 1.807) is 24.1 Å². The van der Waals surface area contributed by atoms with E-state index in [1.807, 2.05) is 26.0 Å². The average molecular weight is 338 g/mol. The summed E-state index contributed by atoms with van der Waals surface area (Å²) in [5.74, 6) is 0. The number of benzene rings is 1. The topological polar surface area (TPSA) is 73.2 Å². The lowest BCUT2D eigenvalue weighted by Crippen LogP contribution is -2.15. The van der Waals surface area contributed by atoms with Crippen LogP contribution >= 0.6 is 11.6 Å². The number of carbonyl (C=O) groups is 2. The number of amides is 1. The number of nitrogens with zero attached hydrogens (tertiary/aromatic N) is 2. The van der Waals surface area contributed by atoms with E-state index in [0.717, 1.165) is 17.9 Å². The second-order valence-corrected chi connectivity index (χ2v) is 5.01. The molecule has 0 aliphatic heterocycles. The molecule has 6 nitrogen and oxygen atoms in total. The molecule has 1 aromatic carbocycles. The van der Waals surface area contributed by atoms with Crippen molar-refractivity contribution in [2.75, 3.05) is 13.7 Å². The minimum Gasteiger partial charge on any atom is -0.385 e. The molecular weight excluding hydrogens is 318 g/mol. The fourth-order valence-electron chi connectivity index (χ4n) is 1.90. The summed E-state index contributed by atoms with van der Waals surface area (Å²) >= 11 is 5.92. The van der Waals surface area contributed by atoms with Gasteiger partial charge >= 0.3 is 0 Å². The van der Waals surface area contributed by atoms with E-state index in [9.17, 15) is 9.59 Å². The third kappa shape index (κ3) is 5.19. The van der Waals surface area contributed by atoms with Crippen LogP contribution in [0.1, 0.15) is 28.7 Å². The predicted molar refractivity (Wildman–Crippen MR) is 89.2 cm³/mol. The molecule has 0 aliphatic rings. The second-order valence-electron chi connectivity index (χ2n) is 4.57. The smallest absolute Gasteiger partial charge is 0.207 e. The first-order valence-electron chi connectivity index (χ1n) is 7.02. The summed E-state index contributed by atoms with van der Waals surface area (Å²) in [5.41, 5.74) is 2.76. The predicted octanol–water partition coefficient (Wildman–Crippen LogP) is 2.55. The van der Waals surface area contributed by atoms with Gasteiger partial charge in [0.05, 0.1) is 12.2 Å². The van der Waals surface area contributed by atoms with Gasteiger partial charge in [-0.05, 0) is 37.6 Å². The first kappa shape index (κ1) is 18.9. The van der Waals surface area contributed by atoms with Gasteiger partial charge in [-0.2, -0.15) is 0 Å². The lowest BCUT2D eigenvalue weighted by atomic mass is 10.2. The van der Waals surface area contributed by atoms with Crippen LogP contribution in [0, 0.1) is 6.92 Å². The van der Waals surface area contributed by atoms with Gasteiger partial charge in [-0.25, -0.2) is 4.98 Å². The Morgan fingerprint density at radius 2 is 2.09 bits per heavy atom. The summed E-state index contributed by atoms with van der Waals surface area (Å²) in [4.78, 5) is 25.4. The molecule has 0 saturated heterocycles. The highest BCUT2D eigenvalue weighted by Gasteiger charge is 2.12. The fourth-order valence-corrected chi connectivity index (χ4v) is 2.12. The van der Waals surface area contributed by atoms with E-state index in [2.05, 4.69) is 15.0 Å². The van der Waals surface area contributed by atoms with Crippen molar-refractivity contribution in [3.63, 3.8) is 0 Å². The Morgan fingerprint density at radius 1 is 1.39 bits per heavy atom. The molecule has 23 heavy (non-hydrogen) atoms. The number of rotatable bonds is 6. The maximum absolute atomic E-state index is 11.0. The Bertz CT molecular complexity index is 654. The van der Waals surface area contributed by atoms with Crippen LogP contribution in [0.3, 0.4) is 0 Å². The number of hydrogen-bond acceptors (Lipinski definition) is 4. The molecule has 0 fully saturated rings. The average Bonchev–Trinajstić information content (AvgIpc) is 2.95. The van der Waals surface area contributed by atoms with Crippen LogP contribution in [0.5, 0.6) is 0 Å². The molecule has 1 amide bonds. The van der Waals surface area contributed by atoms with Gasteiger partial charge in [-0.3, -0.25) is 9.59 Å². The van der Waals surface area contributed by atoms with Gasteiger partial charge in [0.2, 0.25) is 6.41 Å². The molecular formula is C16H20ClN3O3. The minimum absolute atomic E-state index is 0.236. The SMILES string of the molecule is CCOC.Cc1cc(Cl)ccc1-n1cnc(C=O)c1CNC=O. The van der Waals surface area contributed by atoms with Crippen molar-refractivity contribution < 1.29 is 14.3 Å². The van der Waals surface area contributed by atoms with Gasteiger partial charge in [0, 0.05) is 24.4 Å².